The first-order chi connectivity index (χ1) is 27.8. The van der Waals surface area contributed by atoms with Crippen molar-refractivity contribution in [2.24, 2.45) is 17.3 Å². The third-order valence-corrected chi connectivity index (χ3v) is 15.3. The van der Waals surface area contributed by atoms with E-state index in [-0.39, 0.29) is 43.2 Å². The van der Waals surface area contributed by atoms with Crippen molar-refractivity contribution in [1.82, 2.24) is 14.6 Å². The fourth-order valence-corrected chi connectivity index (χ4v) is 10.2. The van der Waals surface area contributed by atoms with Crippen LogP contribution in [0.25, 0.3) is 10.9 Å². The van der Waals surface area contributed by atoms with Crippen molar-refractivity contribution < 1.29 is 63.4 Å². The van der Waals surface area contributed by atoms with E-state index in [2.05, 4.69) is 9.71 Å². The average molecular weight is 870 g/mol. The minimum atomic E-state index is -4.96. The molecule has 18 heteroatoms. The van der Waals surface area contributed by atoms with Crippen LogP contribution in [-0.2, 0) is 46.5 Å². The summed E-state index contributed by atoms with van der Waals surface area (Å²) in [6.07, 6.45) is -4.90. The Morgan fingerprint density at radius 2 is 1.75 bits per heavy atom. The molecule has 7 rings (SSSR count). The lowest BCUT2D eigenvalue weighted by atomic mass is 9.85. The van der Waals surface area contributed by atoms with Crippen molar-refractivity contribution in [1.29, 1.82) is 0 Å². The lowest BCUT2D eigenvalue weighted by Crippen LogP contribution is -2.48. The first kappa shape index (κ1) is 43.9. The van der Waals surface area contributed by atoms with Gasteiger partial charge in [0.1, 0.15) is 5.60 Å². The van der Waals surface area contributed by atoms with E-state index >= 15 is 0 Å². The molecule has 5 atom stereocenters. The van der Waals surface area contributed by atoms with Crippen molar-refractivity contribution in [3.63, 3.8) is 0 Å². The number of ether oxygens (including phenoxy) is 2. The molecule has 60 heavy (non-hydrogen) atoms. The van der Waals surface area contributed by atoms with Crippen LogP contribution in [0.3, 0.4) is 0 Å². The lowest BCUT2D eigenvalue weighted by molar-refractivity contribution is -0.257. The van der Waals surface area contributed by atoms with E-state index in [1.165, 1.54) is 13.0 Å². The van der Waals surface area contributed by atoms with E-state index in [0.29, 0.717) is 57.8 Å². The molecule has 2 aromatic rings. The number of esters is 1. The maximum Gasteiger partial charge on any atom is 0.437 e. The van der Waals surface area contributed by atoms with Gasteiger partial charge in [0, 0.05) is 29.7 Å². The van der Waals surface area contributed by atoms with Crippen LogP contribution in [0, 0.1) is 24.2 Å². The normalized spacial score (nSPS) is 29.0. The highest BCUT2D eigenvalue weighted by Crippen LogP contribution is 2.58. The van der Waals surface area contributed by atoms with Crippen molar-refractivity contribution in [3.05, 3.63) is 47.2 Å². The Morgan fingerprint density at radius 3 is 2.42 bits per heavy atom. The summed E-state index contributed by atoms with van der Waals surface area (Å²) in [6, 6.07) is 3.41. The summed E-state index contributed by atoms with van der Waals surface area (Å²) in [7, 11) is -4.11. The number of carbonyl (C=O) groups excluding carboxylic acids is 4. The Bertz CT molecular complexity index is 2250. The molecule has 11 nitrogen and oxygen atoms in total. The zero-order valence-corrected chi connectivity index (χ0v) is 34.7. The largest absolute Gasteiger partial charge is 0.483 e. The second-order valence-corrected chi connectivity index (χ2v) is 20.4. The van der Waals surface area contributed by atoms with Crippen LogP contribution in [-0.4, -0.2) is 76.6 Å². The van der Waals surface area contributed by atoms with Gasteiger partial charge in [0.25, 0.3) is 0 Å². The van der Waals surface area contributed by atoms with Gasteiger partial charge in [0.15, 0.2) is 17.2 Å². The first-order valence-corrected chi connectivity index (χ1v) is 21.8. The Hall–Kier alpha value is -4.22. The van der Waals surface area contributed by atoms with Gasteiger partial charge in [-0.15, -0.1) is 0 Å². The summed E-state index contributed by atoms with van der Waals surface area (Å²) < 4.78 is 124. The van der Waals surface area contributed by atoms with Crippen molar-refractivity contribution in [2.45, 2.75) is 146 Å². The number of sulfonamides is 1. The number of halogens is 6. The molecule has 2 saturated carbocycles. The maximum absolute atomic E-state index is 14.8. The van der Waals surface area contributed by atoms with Crippen LogP contribution in [0.15, 0.2) is 30.4 Å². The van der Waals surface area contributed by atoms with Crippen LogP contribution in [0.1, 0.15) is 115 Å². The predicted octanol–water partition coefficient (Wildman–Crippen LogP) is 7.60. The fourth-order valence-electron chi connectivity index (χ4n) is 8.89. The van der Waals surface area contributed by atoms with Gasteiger partial charge in [-0.05, 0) is 97.1 Å². The number of alkyl halides is 6. The van der Waals surface area contributed by atoms with Gasteiger partial charge in [-0.1, -0.05) is 36.6 Å². The van der Waals surface area contributed by atoms with Gasteiger partial charge in [-0.25, -0.2) is 13.4 Å². The second kappa shape index (κ2) is 15.0. The smallest absolute Gasteiger partial charge is 0.437 e. The molecule has 1 saturated heterocycles. The first-order valence-electron chi connectivity index (χ1n) is 20.4. The number of allylic oxidation sites excluding steroid dienone is 2. The number of ketones is 1. The Balaban J connectivity index is 1.27. The van der Waals surface area contributed by atoms with Crippen molar-refractivity contribution in [3.8, 4) is 5.75 Å². The number of fused-ring (bicyclic) bond motifs is 5. The van der Waals surface area contributed by atoms with E-state index in [1.54, 1.807) is 25.1 Å². The van der Waals surface area contributed by atoms with Crippen molar-refractivity contribution >= 4 is 44.5 Å². The van der Waals surface area contributed by atoms with Gasteiger partial charge >= 0.3 is 18.3 Å². The standard InChI is InChI=1S/C42H49F6N3O8S/c1-24-12-13-29-28(18-24)27-14-15-39(59-33(27)34(49-29)41(43,44)45)21-30-31(52)22-40(36(55)50-60(56,57)38(4)16-17-38)20-26(40)11-9-7-5-6-8-10-25(35(54)51(30)23-39)19-32(53)58-37(2,3)42(46,47)48/h9,11-13,18,25-26,30H,5-8,10,14-17,19-23H2,1-4H3,(H,50,55)/b11-9-/t25-,26-,30+,39-,40-/m1/s1. The van der Waals surface area contributed by atoms with E-state index in [4.69, 9.17) is 9.47 Å². The molecule has 5 aliphatic rings. The summed E-state index contributed by atoms with van der Waals surface area (Å²) in [5.74, 6) is -5.98. The molecule has 3 fully saturated rings. The number of aryl methyl sites for hydroxylation is 2. The van der Waals surface area contributed by atoms with Gasteiger partial charge in [0.05, 0.1) is 34.7 Å². The molecule has 1 aromatic heterocycles. The molecular formula is C42H49F6N3O8S. The number of nitrogens with zero attached hydrogens (tertiary/aromatic N) is 2. The molecule has 3 aliphatic heterocycles. The monoisotopic (exact) mass is 869 g/mol. The average Bonchev–Trinajstić information content (AvgIpc) is 4.03. The summed E-state index contributed by atoms with van der Waals surface area (Å²) in [5, 5.41) is 0.448. The number of Topliss-reactive ketones (excluding diaryl/α,β-unsaturated/α-hetero) is 1. The lowest BCUT2D eigenvalue weighted by Gasteiger charge is -2.37. The number of benzene rings is 1. The molecule has 2 amide bonds. The third kappa shape index (κ3) is 8.25. The van der Waals surface area contributed by atoms with Gasteiger partial charge in [-0.2, -0.15) is 26.3 Å². The molecule has 1 N–H and O–H groups in total. The molecule has 0 unspecified atom stereocenters. The maximum atomic E-state index is 14.8. The number of nitrogens with one attached hydrogen (secondary N) is 1. The van der Waals surface area contributed by atoms with Crippen LogP contribution in [0.4, 0.5) is 26.3 Å². The second-order valence-electron chi connectivity index (χ2n) is 18.2. The third-order valence-electron chi connectivity index (χ3n) is 13.2. The van der Waals surface area contributed by atoms with Gasteiger partial charge in [0.2, 0.25) is 27.4 Å². The summed E-state index contributed by atoms with van der Waals surface area (Å²) in [4.78, 5) is 61.7. The number of amides is 2. The van der Waals surface area contributed by atoms with E-state index in [9.17, 15) is 53.9 Å². The minimum absolute atomic E-state index is 0.0251. The highest BCUT2D eigenvalue weighted by molar-refractivity contribution is 7.91. The highest BCUT2D eigenvalue weighted by Gasteiger charge is 2.64. The van der Waals surface area contributed by atoms with E-state index in [0.717, 1.165) is 10.5 Å². The Kier molecular flexibility index (Phi) is 11.0. The van der Waals surface area contributed by atoms with Crippen molar-refractivity contribution in [2.75, 3.05) is 6.54 Å². The number of rotatable bonds is 6. The van der Waals surface area contributed by atoms with E-state index in [1.807, 2.05) is 6.08 Å². The molecule has 2 aliphatic carbocycles. The summed E-state index contributed by atoms with van der Waals surface area (Å²) in [6.45, 7) is 4.22. The minimum Gasteiger partial charge on any atom is -0.483 e. The number of carbonyl (C=O) groups is 4. The molecule has 1 aromatic carbocycles. The van der Waals surface area contributed by atoms with Crippen LogP contribution in [0.2, 0.25) is 0 Å². The molecule has 1 spiro atoms. The number of aromatic nitrogens is 1. The van der Waals surface area contributed by atoms with Gasteiger partial charge < -0.3 is 14.4 Å². The predicted molar refractivity (Wildman–Crippen MR) is 205 cm³/mol. The zero-order valence-electron chi connectivity index (χ0n) is 33.9. The molecule has 0 bridgehead atoms. The summed E-state index contributed by atoms with van der Waals surface area (Å²) >= 11 is 0. The van der Waals surface area contributed by atoms with E-state index < -0.39 is 116 Å². The highest BCUT2D eigenvalue weighted by atomic mass is 32.2. The SMILES string of the molecule is Cc1ccc2nc(C(F)(F)F)c3c(c2c1)CC[C@]1(C[C@H]2C(=O)C[C@]4(C(=O)NS(=O)(=O)C5(C)CC5)C[C@H]4/C=C\CCCCC[C@H](CC(=O)OC(C)(C)C(F)(F)F)C(=O)N2C1)O3. The summed E-state index contributed by atoms with van der Waals surface area (Å²) in [5.41, 5.74) is -6.13. The molecule has 0 radical (unpaired) electrons. The Labute approximate surface area is 344 Å². The number of hydrogen-bond acceptors (Lipinski definition) is 9. The van der Waals surface area contributed by atoms with Crippen LogP contribution < -0.4 is 9.46 Å². The quantitative estimate of drug-likeness (QED) is 0.176. The zero-order chi connectivity index (χ0) is 43.8. The number of hydrogen-bond donors (Lipinski definition) is 1. The van der Waals surface area contributed by atoms with Gasteiger partial charge in [-0.3, -0.25) is 23.9 Å². The Morgan fingerprint density at radius 1 is 1.03 bits per heavy atom. The van der Waals surface area contributed by atoms with Crippen LogP contribution in [0.5, 0.6) is 5.75 Å². The topological polar surface area (TPSA) is 149 Å². The molecule has 4 heterocycles. The molecular weight excluding hydrogens is 821 g/mol. The molecule has 328 valence electrons. The van der Waals surface area contributed by atoms with Crippen LogP contribution >= 0.6 is 0 Å². The number of pyridine rings is 1. The fraction of sp³-hybridized carbons (Fsp3) is 0.643.